The zero-order valence-corrected chi connectivity index (χ0v) is 16.3. The van der Waals surface area contributed by atoms with Crippen LogP contribution in [0, 0.1) is 18.7 Å². The van der Waals surface area contributed by atoms with Crippen molar-refractivity contribution >= 4 is 23.6 Å². The van der Waals surface area contributed by atoms with Gasteiger partial charge in [-0.05, 0) is 44.9 Å². The maximum atomic E-state index is 15.0. The molecule has 0 aromatic carbocycles. The highest BCUT2D eigenvalue weighted by molar-refractivity contribution is 5.85. The molecule has 0 bridgehead atoms. The van der Waals surface area contributed by atoms with Crippen molar-refractivity contribution in [2.75, 3.05) is 23.8 Å². The van der Waals surface area contributed by atoms with Crippen LogP contribution in [0.2, 0.25) is 0 Å². The van der Waals surface area contributed by atoms with Gasteiger partial charge in [0.15, 0.2) is 5.82 Å². The van der Waals surface area contributed by atoms with Gasteiger partial charge in [0.05, 0.1) is 17.4 Å². The molecule has 2 atom stereocenters. The summed E-state index contributed by atoms with van der Waals surface area (Å²) in [5.41, 5.74) is 6.91. The number of nitrogens with zero attached hydrogens (tertiary/aromatic N) is 3. The number of anilines is 1. The molecular formula is C18H25ClFN5O2. The minimum atomic E-state index is -0.724. The molecule has 148 valence electrons. The van der Waals surface area contributed by atoms with Gasteiger partial charge in [0.1, 0.15) is 0 Å². The number of aromatic nitrogens is 2. The first-order valence-electron chi connectivity index (χ1n) is 9.07. The first-order valence-corrected chi connectivity index (χ1v) is 9.07. The third-order valence-corrected chi connectivity index (χ3v) is 5.81. The molecule has 0 spiro atoms. The predicted molar refractivity (Wildman–Crippen MR) is 106 cm³/mol. The summed E-state index contributed by atoms with van der Waals surface area (Å²) in [7, 11) is 0. The van der Waals surface area contributed by atoms with Crippen LogP contribution < -0.4 is 27.7 Å². The molecule has 27 heavy (non-hydrogen) atoms. The molecule has 2 aromatic heterocycles. The Bertz CT molecular complexity index is 1010. The Kier molecular flexibility index (Phi) is 4.98. The van der Waals surface area contributed by atoms with Crippen molar-refractivity contribution in [1.29, 1.82) is 0 Å². The summed E-state index contributed by atoms with van der Waals surface area (Å²) in [4.78, 5) is 27.0. The molecule has 3 heterocycles. The van der Waals surface area contributed by atoms with Crippen molar-refractivity contribution in [3.8, 4) is 0 Å². The van der Waals surface area contributed by atoms with E-state index in [2.05, 4.69) is 0 Å². The topological polar surface area (TPSA) is 98.8 Å². The highest BCUT2D eigenvalue weighted by atomic mass is 35.5. The predicted octanol–water partition coefficient (Wildman–Crippen LogP) is 1.10. The molecule has 1 aliphatic heterocycles. The largest absolute Gasteiger partial charge is 0.368 e. The third-order valence-electron chi connectivity index (χ3n) is 5.81. The van der Waals surface area contributed by atoms with Gasteiger partial charge in [0.2, 0.25) is 0 Å². The zero-order valence-electron chi connectivity index (χ0n) is 15.4. The lowest BCUT2D eigenvalue weighted by Crippen LogP contribution is -2.44. The molecule has 4 rings (SSSR count). The van der Waals surface area contributed by atoms with Crippen molar-refractivity contribution in [3.05, 3.63) is 44.0 Å². The van der Waals surface area contributed by atoms with Crippen molar-refractivity contribution in [2.45, 2.75) is 45.1 Å². The second-order valence-electron chi connectivity index (χ2n) is 7.67. The van der Waals surface area contributed by atoms with Crippen molar-refractivity contribution < 1.29 is 4.39 Å². The van der Waals surface area contributed by atoms with E-state index in [0.717, 1.165) is 25.5 Å². The second-order valence-corrected chi connectivity index (χ2v) is 7.67. The summed E-state index contributed by atoms with van der Waals surface area (Å²) in [6.45, 7) is 5.12. The zero-order chi connectivity index (χ0) is 18.7. The molecule has 1 saturated carbocycles. The van der Waals surface area contributed by atoms with Gasteiger partial charge in [-0.25, -0.2) is 9.18 Å². The second kappa shape index (κ2) is 6.83. The number of rotatable bonds is 3. The van der Waals surface area contributed by atoms with Gasteiger partial charge in [-0.15, -0.1) is 12.4 Å². The molecule has 1 aliphatic carbocycles. The van der Waals surface area contributed by atoms with Gasteiger partial charge in [-0.1, -0.05) is 0 Å². The van der Waals surface area contributed by atoms with E-state index in [-0.39, 0.29) is 24.4 Å². The van der Waals surface area contributed by atoms with Crippen LogP contribution in [0.15, 0.2) is 15.8 Å². The summed E-state index contributed by atoms with van der Waals surface area (Å²) in [5, 5.41) is 0. The Morgan fingerprint density at radius 2 is 1.93 bits per heavy atom. The number of fused-ring (bicyclic) bond motifs is 1. The molecule has 2 aromatic rings. The fourth-order valence-corrected chi connectivity index (χ4v) is 4.18. The van der Waals surface area contributed by atoms with Gasteiger partial charge in [-0.3, -0.25) is 9.20 Å². The van der Waals surface area contributed by atoms with Crippen LogP contribution in [-0.2, 0) is 0 Å². The highest BCUT2D eigenvalue weighted by Gasteiger charge is 2.34. The van der Waals surface area contributed by atoms with E-state index < -0.39 is 17.1 Å². The molecule has 0 radical (unpaired) electrons. The highest BCUT2D eigenvalue weighted by Crippen LogP contribution is 2.42. The first kappa shape index (κ1) is 19.7. The van der Waals surface area contributed by atoms with Crippen LogP contribution >= 0.6 is 12.4 Å². The quantitative estimate of drug-likeness (QED) is 0.755. The number of hydrogen-bond acceptors (Lipinski definition) is 5. The Labute approximate surface area is 162 Å². The molecular weight excluding hydrogens is 373 g/mol. The number of halogens is 2. The first-order chi connectivity index (χ1) is 12.3. The van der Waals surface area contributed by atoms with Gasteiger partial charge in [0.25, 0.3) is 5.56 Å². The molecule has 0 amide bonds. The molecule has 2 fully saturated rings. The Morgan fingerprint density at radius 3 is 2.48 bits per heavy atom. The SMILES string of the molecule is Cc1c(N2CC[C@@H]([C@@H](C)N)C2)c(F)cn2c(=O)n(N)c(=O)c(C3CC3)c12.Cl. The minimum Gasteiger partial charge on any atom is -0.368 e. The van der Waals surface area contributed by atoms with Crippen LogP contribution in [0.4, 0.5) is 10.1 Å². The van der Waals surface area contributed by atoms with E-state index in [4.69, 9.17) is 11.6 Å². The van der Waals surface area contributed by atoms with Gasteiger partial charge < -0.3 is 16.5 Å². The molecule has 7 nitrogen and oxygen atoms in total. The van der Waals surface area contributed by atoms with E-state index >= 15 is 0 Å². The summed E-state index contributed by atoms with van der Waals surface area (Å²) < 4.78 is 16.7. The van der Waals surface area contributed by atoms with E-state index in [0.29, 0.717) is 46.0 Å². The summed E-state index contributed by atoms with van der Waals surface area (Å²) in [6, 6.07) is 0.0397. The van der Waals surface area contributed by atoms with Gasteiger partial charge >= 0.3 is 5.69 Å². The molecule has 1 saturated heterocycles. The van der Waals surface area contributed by atoms with Crippen molar-refractivity contribution in [3.63, 3.8) is 0 Å². The maximum absolute atomic E-state index is 15.0. The van der Waals surface area contributed by atoms with E-state index in [1.165, 1.54) is 4.40 Å². The molecule has 9 heteroatoms. The Morgan fingerprint density at radius 1 is 1.26 bits per heavy atom. The standard InChI is InChI=1S/C18H24FN5O2.ClH/c1-9-15(22-6-5-12(7-22)10(2)20)13(19)8-23-16(9)14(11-3-4-11)17(25)24(21)18(23)26;/h8,10-12H,3-7,20-21H2,1-2H3;1H/t10-,12-;/m1./s1. The summed E-state index contributed by atoms with van der Waals surface area (Å²) in [5.74, 6) is 5.55. The average Bonchev–Trinajstić information content (AvgIpc) is 3.30. The third kappa shape index (κ3) is 3.00. The monoisotopic (exact) mass is 397 g/mol. The van der Waals surface area contributed by atoms with E-state index in [9.17, 15) is 14.0 Å². The van der Waals surface area contributed by atoms with Gasteiger partial charge in [0, 0.05) is 30.3 Å². The van der Waals surface area contributed by atoms with Crippen molar-refractivity contribution in [1.82, 2.24) is 9.08 Å². The normalized spacial score (nSPS) is 20.7. The molecule has 4 N–H and O–H groups in total. The fraction of sp³-hybridized carbons (Fsp3) is 0.556. The minimum absolute atomic E-state index is 0. The summed E-state index contributed by atoms with van der Waals surface area (Å²) in [6.07, 6.45) is 3.82. The van der Waals surface area contributed by atoms with Crippen LogP contribution in [0.1, 0.15) is 43.2 Å². The maximum Gasteiger partial charge on any atom is 0.354 e. The van der Waals surface area contributed by atoms with Crippen LogP contribution in [0.25, 0.3) is 5.52 Å². The smallest absolute Gasteiger partial charge is 0.354 e. The number of hydrogen-bond donors (Lipinski definition) is 2. The number of nitrogen functional groups attached to an aromatic ring is 1. The van der Waals surface area contributed by atoms with E-state index in [1.807, 2.05) is 11.8 Å². The lowest BCUT2D eigenvalue weighted by Gasteiger charge is -2.24. The van der Waals surface area contributed by atoms with Gasteiger partial charge in [-0.2, -0.15) is 4.68 Å². The number of pyridine rings is 1. The summed E-state index contributed by atoms with van der Waals surface area (Å²) >= 11 is 0. The van der Waals surface area contributed by atoms with Crippen LogP contribution in [-0.4, -0.2) is 28.2 Å². The van der Waals surface area contributed by atoms with Crippen molar-refractivity contribution in [2.24, 2.45) is 11.7 Å². The van der Waals surface area contributed by atoms with E-state index in [1.54, 1.807) is 6.92 Å². The fourth-order valence-electron chi connectivity index (χ4n) is 4.18. The van der Waals surface area contributed by atoms with Crippen LogP contribution in [0.3, 0.4) is 0 Å². The average molecular weight is 398 g/mol. The number of nitrogens with two attached hydrogens (primary N) is 2. The lowest BCUT2D eigenvalue weighted by atomic mass is 10.0. The lowest BCUT2D eigenvalue weighted by molar-refractivity contribution is 0.487. The molecule has 0 unspecified atom stereocenters. The Hall–Kier alpha value is -2.06. The number of aryl methyl sites for hydroxylation is 1. The Balaban J connectivity index is 0.00000210. The molecule has 2 aliphatic rings. The van der Waals surface area contributed by atoms with Crippen LogP contribution in [0.5, 0.6) is 0 Å².